The number of aliphatic hydroxyl groups excluding tert-OH is 1. The van der Waals surface area contributed by atoms with E-state index in [2.05, 4.69) is 0 Å². The lowest BCUT2D eigenvalue weighted by molar-refractivity contribution is 0.262. The van der Waals surface area contributed by atoms with E-state index in [1.165, 1.54) is 23.5 Å². The molecule has 0 amide bonds. The molecule has 19 heavy (non-hydrogen) atoms. The molecule has 1 aromatic carbocycles. The minimum absolute atomic E-state index is 0.171. The van der Waals surface area contributed by atoms with E-state index < -0.39 is 10.0 Å². The number of aliphatic hydroxyl groups is 1. The fraction of sp³-hybridized carbons (Fsp3) is 0.538. The van der Waals surface area contributed by atoms with E-state index >= 15 is 0 Å². The SMILES string of the molecule is CCCOc1ccc(S(=O)(=O)N(C)CC)cc1CO. The van der Waals surface area contributed by atoms with Gasteiger partial charge >= 0.3 is 0 Å². The summed E-state index contributed by atoms with van der Waals surface area (Å²) in [5.74, 6) is 0.530. The van der Waals surface area contributed by atoms with Crippen molar-refractivity contribution in [2.45, 2.75) is 31.8 Å². The largest absolute Gasteiger partial charge is 0.493 e. The molecule has 0 aliphatic heterocycles. The second-order valence-corrected chi connectivity index (χ2v) is 6.24. The number of benzene rings is 1. The van der Waals surface area contributed by atoms with Crippen LogP contribution in [0.2, 0.25) is 0 Å². The molecule has 108 valence electrons. The number of ether oxygens (including phenoxy) is 1. The Morgan fingerprint density at radius 2 is 2.00 bits per heavy atom. The topological polar surface area (TPSA) is 66.8 Å². The van der Waals surface area contributed by atoms with Crippen LogP contribution in [-0.4, -0.2) is 38.0 Å². The average molecular weight is 287 g/mol. The van der Waals surface area contributed by atoms with Crippen LogP contribution >= 0.6 is 0 Å². The molecule has 6 heteroatoms. The summed E-state index contributed by atoms with van der Waals surface area (Å²) in [6.45, 7) is 4.42. The third-order valence-corrected chi connectivity index (χ3v) is 4.75. The first-order chi connectivity index (χ1) is 8.97. The Morgan fingerprint density at radius 3 is 2.53 bits per heavy atom. The number of sulfonamides is 1. The van der Waals surface area contributed by atoms with Crippen LogP contribution in [0, 0.1) is 0 Å². The summed E-state index contributed by atoms with van der Waals surface area (Å²) >= 11 is 0. The van der Waals surface area contributed by atoms with Gasteiger partial charge in [-0.3, -0.25) is 0 Å². The third kappa shape index (κ3) is 3.68. The van der Waals surface area contributed by atoms with Crippen LogP contribution in [0.5, 0.6) is 5.75 Å². The molecule has 1 N–H and O–H groups in total. The summed E-state index contributed by atoms with van der Waals surface area (Å²) in [7, 11) is -1.97. The van der Waals surface area contributed by atoms with E-state index in [4.69, 9.17) is 4.74 Å². The van der Waals surface area contributed by atoms with Crippen molar-refractivity contribution in [2.24, 2.45) is 0 Å². The van der Waals surface area contributed by atoms with Crippen LogP contribution < -0.4 is 4.74 Å². The monoisotopic (exact) mass is 287 g/mol. The summed E-state index contributed by atoms with van der Waals surface area (Å²) in [4.78, 5) is 0.171. The molecule has 0 saturated heterocycles. The van der Waals surface area contributed by atoms with E-state index in [1.54, 1.807) is 13.0 Å². The van der Waals surface area contributed by atoms with Crippen molar-refractivity contribution in [2.75, 3.05) is 20.2 Å². The maximum absolute atomic E-state index is 12.2. The molecule has 1 aromatic rings. The van der Waals surface area contributed by atoms with Crippen molar-refractivity contribution in [3.05, 3.63) is 23.8 Å². The highest BCUT2D eigenvalue weighted by Gasteiger charge is 2.20. The van der Waals surface area contributed by atoms with E-state index in [1.807, 2.05) is 6.92 Å². The fourth-order valence-corrected chi connectivity index (χ4v) is 2.77. The van der Waals surface area contributed by atoms with Gasteiger partial charge in [0.2, 0.25) is 10.0 Å². The van der Waals surface area contributed by atoms with E-state index in [-0.39, 0.29) is 11.5 Å². The minimum Gasteiger partial charge on any atom is -0.493 e. The zero-order valence-corrected chi connectivity index (χ0v) is 12.4. The summed E-state index contributed by atoms with van der Waals surface area (Å²) in [5, 5.41) is 9.32. The Hall–Kier alpha value is -1.11. The minimum atomic E-state index is -3.49. The van der Waals surface area contributed by atoms with E-state index in [0.29, 0.717) is 24.5 Å². The van der Waals surface area contributed by atoms with Gasteiger partial charge in [-0.2, -0.15) is 0 Å². The highest BCUT2D eigenvalue weighted by Crippen LogP contribution is 2.24. The van der Waals surface area contributed by atoms with Gasteiger partial charge in [0.05, 0.1) is 18.1 Å². The van der Waals surface area contributed by atoms with Gasteiger partial charge in [0.1, 0.15) is 5.75 Å². The number of nitrogens with zero attached hydrogens (tertiary/aromatic N) is 1. The molecule has 0 fully saturated rings. The van der Waals surface area contributed by atoms with Crippen molar-refractivity contribution in [3.63, 3.8) is 0 Å². The molecule has 0 spiro atoms. The first kappa shape index (κ1) is 15.9. The molecule has 0 atom stereocenters. The number of hydrogen-bond acceptors (Lipinski definition) is 4. The predicted molar refractivity (Wildman–Crippen MR) is 73.6 cm³/mol. The summed E-state index contributed by atoms with van der Waals surface area (Å²) in [6, 6.07) is 4.57. The van der Waals surface area contributed by atoms with Crippen LogP contribution in [0.4, 0.5) is 0 Å². The Morgan fingerprint density at radius 1 is 1.32 bits per heavy atom. The lowest BCUT2D eigenvalue weighted by Gasteiger charge is -2.16. The predicted octanol–water partition coefficient (Wildman–Crippen LogP) is 1.61. The molecule has 0 bridgehead atoms. The molecule has 0 saturated carbocycles. The molecule has 0 unspecified atom stereocenters. The lowest BCUT2D eigenvalue weighted by atomic mass is 10.2. The molecule has 0 radical (unpaired) electrons. The Bertz CT molecular complexity index is 513. The maximum Gasteiger partial charge on any atom is 0.242 e. The van der Waals surface area contributed by atoms with Gasteiger partial charge < -0.3 is 9.84 Å². The molecular weight excluding hydrogens is 266 g/mol. The third-order valence-electron chi connectivity index (χ3n) is 2.82. The second kappa shape index (κ2) is 6.88. The van der Waals surface area contributed by atoms with Crippen molar-refractivity contribution in [1.82, 2.24) is 4.31 Å². The zero-order chi connectivity index (χ0) is 14.5. The molecule has 5 nitrogen and oxygen atoms in total. The van der Waals surface area contributed by atoms with E-state index in [0.717, 1.165) is 6.42 Å². The standard InChI is InChI=1S/C13H21NO4S/c1-4-8-18-13-7-6-12(9-11(13)10-15)19(16,17)14(3)5-2/h6-7,9,15H,4-5,8,10H2,1-3H3. The van der Waals surface area contributed by atoms with Gasteiger partial charge in [0.25, 0.3) is 0 Å². The van der Waals surface area contributed by atoms with Crippen LogP contribution in [-0.2, 0) is 16.6 Å². The van der Waals surface area contributed by atoms with Crippen molar-refractivity contribution >= 4 is 10.0 Å². The Labute approximate surface area is 114 Å². The summed E-state index contributed by atoms with van der Waals surface area (Å²) in [6.07, 6.45) is 0.851. The summed E-state index contributed by atoms with van der Waals surface area (Å²) in [5.41, 5.74) is 0.485. The fourth-order valence-electron chi connectivity index (χ4n) is 1.54. The molecular formula is C13H21NO4S. The Kier molecular flexibility index (Phi) is 5.78. The smallest absolute Gasteiger partial charge is 0.242 e. The van der Waals surface area contributed by atoms with Gasteiger partial charge in [-0.05, 0) is 24.6 Å². The molecule has 0 heterocycles. The number of rotatable bonds is 7. The van der Waals surface area contributed by atoms with Gasteiger partial charge in [-0.25, -0.2) is 12.7 Å². The van der Waals surface area contributed by atoms with Crippen molar-refractivity contribution in [1.29, 1.82) is 0 Å². The van der Waals surface area contributed by atoms with E-state index in [9.17, 15) is 13.5 Å². The van der Waals surface area contributed by atoms with Gasteiger partial charge in [-0.1, -0.05) is 13.8 Å². The van der Waals surface area contributed by atoms with Gasteiger partial charge in [0, 0.05) is 19.2 Å². The van der Waals surface area contributed by atoms with Gasteiger partial charge in [0.15, 0.2) is 0 Å². The van der Waals surface area contributed by atoms with Crippen LogP contribution in [0.25, 0.3) is 0 Å². The van der Waals surface area contributed by atoms with Crippen molar-refractivity contribution in [3.8, 4) is 5.75 Å². The number of hydrogen-bond donors (Lipinski definition) is 1. The van der Waals surface area contributed by atoms with Crippen LogP contribution in [0.3, 0.4) is 0 Å². The van der Waals surface area contributed by atoms with Crippen LogP contribution in [0.1, 0.15) is 25.8 Å². The van der Waals surface area contributed by atoms with Crippen LogP contribution in [0.15, 0.2) is 23.1 Å². The average Bonchev–Trinajstić information content (AvgIpc) is 2.43. The first-order valence-electron chi connectivity index (χ1n) is 6.30. The summed E-state index contributed by atoms with van der Waals surface area (Å²) < 4.78 is 31.0. The maximum atomic E-state index is 12.2. The second-order valence-electron chi connectivity index (χ2n) is 4.20. The quantitative estimate of drug-likeness (QED) is 0.827. The first-order valence-corrected chi connectivity index (χ1v) is 7.74. The molecule has 0 aromatic heterocycles. The lowest BCUT2D eigenvalue weighted by Crippen LogP contribution is -2.26. The Balaban J connectivity index is 3.13. The highest BCUT2D eigenvalue weighted by atomic mass is 32.2. The zero-order valence-electron chi connectivity index (χ0n) is 11.6. The van der Waals surface area contributed by atoms with Crippen molar-refractivity contribution < 1.29 is 18.3 Å². The molecule has 0 aliphatic rings. The molecule has 0 aliphatic carbocycles. The normalized spacial score (nSPS) is 11.8. The van der Waals surface area contributed by atoms with Gasteiger partial charge in [-0.15, -0.1) is 0 Å². The molecule has 1 rings (SSSR count). The highest BCUT2D eigenvalue weighted by molar-refractivity contribution is 7.89.